The van der Waals surface area contributed by atoms with Gasteiger partial charge in [0.05, 0.1) is 0 Å². The van der Waals surface area contributed by atoms with E-state index in [9.17, 15) is 0 Å². The molecule has 0 aliphatic heterocycles. The van der Waals surface area contributed by atoms with E-state index >= 15 is 0 Å². The van der Waals surface area contributed by atoms with Crippen LogP contribution in [0.5, 0.6) is 0 Å². The van der Waals surface area contributed by atoms with Gasteiger partial charge in [-0.2, -0.15) is 0 Å². The van der Waals surface area contributed by atoms with E-state index in [1.165, 1.54) is 10.1 Å². The zero-order chi connectivity index (χ0) is 8.81. The zero-order valence-electron chi connectivity index (χ0n) is 6.31. The summed E-state index contributed by atoms with van der Waals surface area (Å²) in [5, 5.41) is 10.4. The molecule has 0 saturated heterocycles. The van der Waals surface area contributed by atoms with Crippen molar-refractivity contribution in [2.24, 2.45) is 0 Å². The number of rotatable bonds is 0. The van der Waals surface area contributed by atoms with Crippen LogP contribution in [0.15, 0.2) is 35.7 Å². The van der Waals surface area contributed by atoms with Crippen molar-refractivity contribution in [1.29, 1.82) is 0 Å². The zero-order valence-corrected chi connectivity index (χ0v) is 7.12. The Bertz CT molecular complexity index is 329. The fraction of sp³-hybridized carbons (Fsp3) is 0. The van der Waals surface area contributed by atoms with Crippen molar-refractivity contribution in [3.8, 4) is 0 Å². The summed E-state index contributed by atoms with van der Waals surface area (Å²) in [6.45, 7) is -0.250. The molecule has 0 amide bonds. The molecule has 64 valence electrons. The molecule has 1 heterocycles. The molecular formula is C9H9LiO2S. The van der Waals surface area contributed by atoms with Crippen molar-refractivity contribution < 1.29 is 9.90 Å². The molecule has 2 aromatic rings. The normalized spacial score (nSPS) is 8.00. The first kappa shape index (κ1) is 12.2. The molecule has 0 bridgehead atoms. The van der Waals surface area contributed by atoms with Crippen LogP contribution in [0.3, 0.4) is 0 Å². The van der Waals surface area contributed by atoms with Crippen molar-refractivity contribution in [2.45, 2.75) is 0 Å². The summed E-state index contributed by atoms with van der Waals surface area (Å²) in [6.07, 6.45) is 0. The maximum atomic E-state index is 8.36. The average molecular weight is 188 g/mol. The van der Waals surface area contributed by atoms with Gasteiger partial charge in [0.2, 0.25) is 0 Å². The smallest absolute Gasteiger partial charge is 0.0342 e. The van der Waals surface area contributed by atoms with E-state index in [1.54, 1.807) is 11.3 Å². The largest absolute Gasteiger partial charge is 0.144 e. The number of fused-ring (bicyclic) bond motifs is 1. The molecule has 0 unspecified atom stereocenters. The number of carbonyl (C=O) groups is 1. The van der Waals surface area contributed by atoms with Crippen molar-refractivity contribution in [2.75, 3.05) is 0 Å². The maximum Gasteiger partial charge on any atom is 0.0342 e. The van der Waals surface area contributed by atoms with Gasteiger partial charge in [-0.15, -0.1) is 11.3 Å². The number of thiophene rings is 1. The molecule has 13 heavy (non-hydrogen) atoms. The standard InChI is InChI=1S/C8H6S.CH2O2.Li.H/c1-2-4-8-7(3-1)5-6-9-8;2-1-3;;/h1-6H;1H,(H,2,3);;. The van der Waals surface area contributed by atoms with Crippen LogP contribution in [0, 0.1) is 0 Å². The second kappa shape index (κ2) is 6.73. The van der Waals surface area contributed by atoms with Gasteiger partial charge in [0.15, 0.2) is 0 Å². The Hall–Kier alpha value is -0.753. The fourth-order valence-corrected chi connectivity index (χ4v) is 1.70. The van der Waals surface area contributed by atoms with Crippen LogP contribution in [0.4, 0.5) is 0 Å². The van der Waals surface area contributed by atoms with Gasteiger partial charge in [0.25, 0.3) is 6.47 Å². The molecule has 0 aliphatic carbocycles. The first-order valence-electron chi connectivity index (χ1n) is 3.38. The van der Waals surface area contributed by atoms with Gasteiger partial charge in [0, 0.05) is 4.70 Å². The molecule has 0 aliphatic rings. The van der Waals surface area contributed by atoms with E-state index in [4.69, 9.17) is 9.90 Å². The van der Waals surface area contributed by atoms with Crippen molar-refractivity contribution in [1.82, 2.24) is 0 Å². The van der Waals surface area contributed by atoms with Crippen molar-refractivity contribution in [3.63, 3.8) is 0 Å². The number of hydrogen-bond acceptors (Lipinski definition) is 2. The summed E-state index contributed by atoms with van der Waals surface area (Å²) in [5.74, 6) is 0. The van der Waals surface area contributed by atoms with E-state index in [1.807, 2.05) is 0 Å². The predicted molar refractivity (Wildman–Crippen MR) is 57.7 cm³/mol. The molecule has 0 saturated carbocycles. The first-order valence-corrected chi connectivity index (χ1v) is 4.26. The van der Waals surface area contributed by atoms with Crippen LogP contribution in [0.1, 0.15) is 0 Å². The Morgan fingerprint density at radius 3 is 2.46 bits per heavy atom. The second-order valence-corrected chi connectivity index (χ2v) is 3.01. The Labute approximate surface area is 92.4 Å². The molecule has 2 rings (SSSR count). The third-order valence-electron chi connectivity index (χ3n) is 1.36. The van der Waals surface area contributed by atoms with Gasteiger partial charge >= 0.3 is 18.9 Å². The van der Waals surface area contributed by atoms with Crippen molar-refractivity contribution >= 4 is 46.8 Å². The monoisotopic (exact) mass is 188 g/mol. The Kier molecular flexibility index (Phi) is 6.34. The van der Waals surface area contributed by atoms with Crippen LogP contribution in [0.25, 0.3) is 10.1 Å². The Balaban J connectivity index is 0.000000324. The molecule has 1 aromatic carbocycles. The summed E-state index contributed by atoms with van der Waals surface area (Å²) in [7, 11) is 0. The topological polar surface area (TPSA) is 37.3 Å². The van der Waals surface area contributed by atoms with Gasteiger partial charge in [-0.05, 0) is 22.9 Å². The summed E-state index contributed by atoms with van der Waals surface area (Å²) >= 11 is 1.79. The van der Waals surface area contributed by atoms with Gasteiger partial charge < -0.3 is 5.11 Å². The molecule has 1 N–H and O–H groups in total. The Morgan fingerprint density at radius 2 is 1.85 bits per heavy atom. The van der Waals surface area contributed by atoms with E-state index in [0.29, 0.717) is 0 Å². The SMILES string of the molecule is O=CO.[LiH].c1ccc2sccc2c1. The first-order chi connectivity index (χ1) is 5.88. The molecule has 4 heteroatoms. The Morgan fingerprint density at radius 1 is 1.23 bits per heavy atom. The van der Waals surface area contributed by atoms with Crippen LogP contribution >= 0.6 is 11.3 Å². The van der Waals surface area contributed by atoms with Crippen LogP contribution < -0.4 is 0 Å². The van der Waals surface area contributed by atoms with E-state index in [0.717, 1.165) is 0 Å². The average Bonchev–Trinajstić information content (AvgIpc) is 2.52. The predicted octanol–water partition coefficient (Wildman–Crippen LogP) is 1.95. The third kappa shape index (κ3) is 3.64. The van der Waals surface area contributed by atoms with Crippen molar-refractivity contribution in [3.05, 3.63) is 35.7 Å². The quantitative estimate of drug-likeness (QED) is 0.506. The summed E-state index contributed by atoms with van der Waals surface area (Å²) < 4.78 is 1.37. The molecular weight excluding hydrogens is 179 g/mol. The van der Waals surface area contributed by atoms with Crippen LogP contribution in [0.2, 0.25) is 0 Å². The molecule has 0 radical (unpaired) electrons. The van der Waals surface area contributed by atoms with Crippen LogP contribution in [-0.4, -0.2) is 30.4 Å². The van der Waals surface area contributed by atoms with E-state index in [2.05, 4.69) is 35.7 Å². The fourth-order valence-electron chi connectivity index (χ4n) is 0.906. The van der Waals surface area contributed by atoms with Gasteiger partial charge in [-0.3, -0.25) is 4.79 Å². The number of benzene rings is 1. The second-order valence-electron chi connectivity index (χ2n) is 2.06. The number of carboxylic acid groups (broad SMARTS) is 1. The summed E-state index contributed by atoms with van der Waals surface area (Å²) in [5.41, 5.74) is 0. The molecule has 2 nitrogen and oxygen atoms in total. The summed E-state index contributed by atoms with van der Waals surface area (Å²) in [6, 6.07) is 10.5. The molecule has 0 spiro atoms. The van der Waals surface area contributed by atoms with Gasteiger partial charge in [-0.1, -0.05) is 18.2 Å². The molecule has 0 atom stereocenters. The van der Waals surface area contributed by atoms with Gasteiger partial charge in [0.1, 0.15) is 0 Å². The van der Waals surface area contributed by atoms with Crippen LogP contribution in [-0.2, 0) is 4.79 Å². The minimum atomic E-state index is -0.250. The number of hydrogen-bond donors (Lipinski definition) is 1. The molecule has 0 fully saturated rings. The van der Waals surface area contributed by atoms with E-state index in [-0.39, 0.29) is 25.3 Å². The third-order valence-corrected chi connectivity index (χ3v) is 2.26. The summed E-state index contributed by atoms with van der Waals surface area (Å²) in [4.78, 5) is 8.36. The minimum absolute atomic E-state index is 0. The molecule has 1 aromatic heterocycles. The maximum absolute atomic E-state index is 8.36. The van der Waals surface area contributed by atoms with Gasteiger partial charge in [-0.25, -0.2) is 0 Å². The minimum Gasteiger partial charge on any atom is -0.144 e. The van der Waals surface area contributed by atoms with E-state index < -0.39 is 0 Å².